The average Bonchev–Trinajstić information content (AvgIpc) is 2.82. The molecule has 0 bridgehead atoms. The van der Waals surface area contributed by atoms with E-state index in [1.54, 1.807) is 0 Å². The van der Waals surface area contributed by atoms with Gasteiger partial charge in [-0.2, -0.15) is 9.61 Å². The summed E-state index contributed by atoms with van der Waals surface area (Å²) < 4.78 is 4.80. The number of aromatic nitrogens is 4. The molecule has 0 aliphatic heterocycles. The van der Waals surface area contributed by atoms with E-state index in [1.165, 1.54) is 5.56 Å². The summed E-state index contributed by atoms with van der Waals surface area (Å²) in [5.41, 5.74) is 2.21. The van der Waals surface area contributed by atoms with E-state index in [-0.39, 0.29) is 0 Å². The van der Waals surface area contributed by atoms with Gasteiger partial charge in [-0.25, -0.2) is 4.98 Å². The Morgan fingerprint density at radius 1 is 1.22 bits per heavy atom. The summed E-state index contributed by atoms with van der Waals surface area (Å²) in [6, 6.07) is 10.3. The third-order valence-electron chi connectivity index (χ3n) is 3.05. The molecule has 0 saturated carbocycles. The first-order valence-corrected chi connectivity index (χ1v) is 6.56. The van der Waals surface area contributed by atoms with Crippen LogP contribution in [0.15, 0.2) is 34.9 Å². The Bertz CT molecular complexity index is 697. The lowest BCUT2D eigenvalue weighted by Crippen LogP contribution is -1.99. The molecule has 92 valence electrons. The third-order valence-corrected chi connectivity index (χ3v) is 3.96. The summed E-state index contributed by atoms with van der Waals surface area (Å²) in [6.45, 7) is 1.97. The molecule has 1 aromatic carbocycles. The van der Waals surface area contributed by atoms with Crippen molar-refractivity contribution in [1.82, 2.24) is 19.2 Å². The summed E-state index contributed by atoms with van der Waals surface area (Å²) in [6.07, 6.45) is 0.812. The predicted octanol–water partition coefficient (Wildman–Crippen LogP) is 2.73. The van der Waals surface area contributed by atoms with E-state index in [2.05, 4.69) is 38.1 Å². The first-order chi connectivity index (χ1) is 8.66. The number of aryl methyl sites for hydroxylation is 2. The molecule has 0 amide bonds. The highest BCUT2D eigenvalue weighted by atomic mass is 79.9. The number of rotatable bonds is 2. The van der Waals surface area contributed by atoms with Crippen LogP contribution >= 0.6 is 15.9 Å². The zero-order valence-electron chi connectivity index (χ0n) is 10.3. The maximum atomic E-state index is 4.60. The van der Waals surface area contributed by atoms with Crippen molar-refractivity contribution in [3.8, 4) is 0 Å². The van der Waals surface area contributed by atoms with Crippen molar-refractivity contribution in [3.05, 3.63) is 52.0 Å². The van der Waals surface area contributed by atoms with Crippen LogP contribution < -0.4 is 0 Å². The van der Waals surface area contributed by atoms with Gasteiger partial charge in [0, 0.05) is 13.5 Å². The van der Waals surface area contributed by atoms with Crippen LogP contribution in [0.25, 0.3) is 5.78 Å². The van der Waals surface area contributed by atoms with Crippen LogP contribution in [0, 0.1) is 6.92 Å². The largest absolute Gasteiger partial charge is 0.300 e. The number of imidazole rings is 1. The summed E-state index contributed by atoms with van der Waals surface area (Å²) in [7, 11) is 2.00. The van der Waals surface area contributed by atoms with Crippen molar-refractivity contribution in [1.29, 1.82) is 0 Å². The molecule has 0 saturated heterocycles. The first-order valence-electron chi connectivity index (χ1n) is 5.77. The molecule has 0 N–H and O–H groups in total. The van der Waals surface area contributed by atoms with Gasteiger partial charge < -0.3 is 0 Å². The Kier molecular flexibility index (Phi) is 2.70. The molecule has 4 nitrogen and oxygen atoms in total. The van der Waals surface area contributed by atoms with Crippen LogP contribution in [0.3, 0.4) is 0 Å². The highest BCUT2D eigenvalue weighted by Crippen LogP contribution is 2.19. The molecule has 0 spiro atoms. The van der Waals surface area contributed by atoms with Crippen LogP contribution in [-0.2, 0) is 13.5 Å². The van der Waals surface area contributed by atoms with Crippen molar-refractivity contribution < 1.29 is 0 Å². The van der Waals surface area contributed by atoms with Gasteiger partial charge >= 0.3 is 0 Å². The minimum Gasteiger partial charge on any atom is -0.300 e. The highest BCUT2D eigenvalue weighted by Gasteiger charge is 2.14. The lowest BCUT2D eigenvalue weighted by molar-refractivity contribution is 0.819. The monoisotopic (exact) mass is 304 g/mol. The second-order valence-electron chi connectivity index (χ2n) is 4.34. The molecule has 0 unspecified atom stereocenters. The number of halogens is 1. The van der Waals surface area contributed by atoms with E-state index in [1.807, 2.05) is 41.3 Å². The minimum atomic E-state index is 0.812. The maximum absolute atomic E-state index is 4.60. The quantitative estimate of drug-likeness (QED) is 0.730. The maximum Gasteiger partial charge on any atom is 0.233 e. The van der Waals surface area contributed by atoms with Crippen molar-refractivity contribution in [2.45, 2.75) is 13.3 Å². The fourth-order valence-corrected chi connectivity index (χ4v) is 2.35. The van der Waals surface area contributed by atoms with Gasteiger partial charge in [-0.05, 0) is 28.4 Å². The van der Waals surface area contributed by atoms with Crippen molar-refractivity contribution in [2.24, 2.45) is 7.05 Å². The van der Waals surface area contributed by atoms with Crippen molar-refractivity contribution >= 4 is 21.7 Å². The van der Waals surface area contributed by atoms with E-state index in [0.29, 0.717) is 0 Å². The van der Waals surface area contributed by atoms with Crippen molar-refractivity contribution in [3.63, 3.8) is 0 Å². The van der Waals surface area contributed by atoms with Gasteiger partial charge in [-0.3, -0.25) is 4.57 Å². The Morgan fingerprint density at radius 3 is 2.61 bits per heavy atom. The molecule has 0 fully saturated rings. The average molecular weight is 305 g/mol. The topological polar surface area (TPSA) is 35.1 Å². The molecular formula is C13H13BrN4. The smallest absolute Gasteiger partial charge is 0.233 e. The standard InChI is InChI=1S/C13H13BrN4/c1-9-12(14)18-13(15-9)17(2)11(16-18)8-10-6-4-3-5-7-10/h3-7H,8H2,1-2H3. The normalized spacial score (nSPS) is 11.3. The van der Waals surface area contributed by atoms with Gasteiger partial charge in [0.2, 0.25) is 5.78 Å². The Morgan fingerprint density at radius 2 is 1.94 bits per heavy atom. The lowest BCUT2D eigenvalue weighted by Gasteiger charge is -2.00. The van der Waals surface area contributed by atoms with Crippen LogP contribution in [-0.4, -0.2) is 19.2 Å². The molecule has 0 aliphatic carbocycles. The number of benzene rings is 1. The third kappa shape index (κ3) is 1.75. The fourth-order valence-electron chi connectivity index (χ4n) is 2.02. The van der Waals surface area contributed by atoms with E-state index in [4.69, 9.17) is 0 Å². The zero-order chi connectivity index (χ0) is 12.7. The SMILES string of the molecule is Cc1nc2n(C)c(Cc3ccccc3)nn2c1Br. The number of hydrogen-bond donors (Lipinski definition) is 0. The van der Waals surface area contributed by atoms with E-state index < -0.39 is 0 Å². The lowest BCUT2D eigenvalue weighted by atomic mass is 10.1. The molecule has 3 aromatic rings. The predicted molar refractivity (Wildman–Crippen MR) is 73.6 cm³/mol. The molecule has 0 radical (unpaired) electrons. The van der Waals surface area contributed by atoms with Gasteiger partial charge in [0.15, 0.2) is 0 Å². The number of hydrogen-bond acceptors (Lipinski definition) is 2. The Hall–Kier alpha value is -1.62. The summed E-state index contributed by atoms with van der Waals surface area (Å²) in [5, 5.41) is 4.60. The summed E-state index contributed by atoms with van der Waals surface area (Å²) in [5.74, 6) is 1.87. The zero-order valence-corrected chi connectivity index (χ0v) is 11.8. The van der Waals surface area contributed by atoms with Gasteiger partial charge in [0.1, 0.15) is 10.4 Å². The van der Waals surface area contributed by atoms with Crippen LogP contribution in [0.2, 0.25) is 0 Å². The van der Waals surface area contributed by atoms with E-state index in [0.717, 1.165) is 28.3 Å². The summed E-state index contributed by atoms with van der Waals surface area (Å²) in [4.78, 5) is 4.49. The van der Waals surface area contributed by atoms with E-state index in [9.17, 15) is 0 Å². The second kappa shape index (κ2) is 4.24. The molecule has 0 aliphatic rings. The Labute approximate surface area is 113 Å². The molecule has 3 rings (SSSR count). The molecule has 0 atom stereocenters. The first kappa shape index (κ1) is 11.5. The van der Waals surface area contributed by atoms with Crippen LogP contribution in [0.4, 0.5) is 0 Å². The minimum absolute atomic E-state index is 0.812. The molecule has 2 aromatic heterocycles. The van der Waals surface area contributed by atoms with Gasteiger partial charge in [-0.15, -0.1) is 0 Å². The molecule has 18 heavy (non-hydrogen) atoms. The summed E-state index contributed by atoms with van der Waals surface area (Å²) >= 11 is 3.51. The number of fused-ring (bicyclic) bond motifs is 1. The highest BCUT2D eigenvalue weighted by molar-refractivity contribution is 9.10. The molecule has 5 heteroatoms. The van der Waals surface area contributed by atoms with E-state index >= 15 is 0 Å². The van der Waals surface area contributed by atoms with Crippen molar-refractivity contribution in [2.75, 3.05) is 0 Å². The van der Waals surface area contributed by atoms with Crippen LogP contribution in [0.1, 0.15) is 17.1 Å². The molecule has 2 heterocycles. The second-order valence-corrected chi connectivity index (χ2v) is 5.09. The number of nitrogens with zero attached hydrogens (tertiary/aromatic N) is 4. The van der Waals surface area contributed by atoms with Gasteiger partial charge in [-0.1, -0.05) is 30.3 Å². The molecular weight excluding hydrogens is 292 g/mol. The van der Waals surface area contributed by atoms with Gasteiger partial charge in [0.25, 0.3) is 0 Å². The van der Waals surface area contributed by atoms with Crippen LogP contribution in [0.5, 0.6) is 0 Å². The van der Waals surface area contributed by atoms with Gasteiger partial charge in [0.05, 0.1) is 5.69 Å². The Balaban J connectivity index is 2.06. The fraction of sp³-hybridized carbons (Fsp3) is 0.231.